The standard InChI is InChI=1S/C41H38N6O5S/c1-50-31-9-3-7-26-27(31)11-13-28(26)44-39-37-24(14-16-42-39)20-32(53-37)34-33(38-45-41(49)52-46-38)29(43-36-30-8-4-17-47(30)40(48)35(34)36)12-10-22-5-2-6-23(19-22)25-15-18-51-21-25/h2-3,5-7,9,14,16,19-20,25,28,30H,4,8,10-13,15,17-18,21H2,1H3,(H,42,44)(H,45,46,49)/t25?,28-,30-/m0/s1. The number of ether oxygens (including phenoxy) is 2. The molecular weight excluding hydrogens is 689 g/mol. The molecule has 4 aromatic heterocycles. The normalized spacial score (nSPS) is 20.3. The SMILES string of the molecule is COc1cccc2c1CC[C@@H]2Nc1nccc2cc(-c3c4c(nc(CCc5cccc(C6CCOC6)c5)c3-c3noc(=O)[nH]3)[C@@H]3CCCN3C4=O)sc12. The molecule has 3 atom stereocenters. The fraction of sp³-hybridized carbons (Fsp3) is 0.341. The molecule has 0 saturated carbocycles. The molecule has 10 rings (SSSR count). The second-order valence-electron chi connectivity index (χ2n) is 14.4. The molecule has 1 amide bonds. The molecule has 2 fully saturated rings. The van der Waals surface area contributed by atoms with E-state index >= 15 is 0 Å². The van der Waals surface area contributed by atoms with E-state index in [0.717, 1.165) is 95.2 Å². The summed E-state index contributed by atoms with van der Waals surface area (Å²) in [6.45, 7) is 2.24. The first-order chi connectivity index (χ1) is 26.0. The third-order valence-corrected chi connectivity index (χ3v) is 12.6. The number of methoxy groups -OCH3 is 1. The fourth-order valence-electron chi connectivity index (χ4n) is 8.95. The maximum Gasteiger partial charge on any atom is 0.439 e. The lowest BCUT2D eigenvalue weighted by atomic mass is 9.91. The van der Waals surface area contributed by atoms with Crippen LogP contribution in [0.3, 0.4) is 0 Å². The Morgan fingerprint density at radius 3 is 2.81 bits per heavy atom. The van der Waals surface area contributed by atoms with Crippen LogP contribution in [0.5, 0.6) is 5.75 Å². The molecule has 11 nitrogen and oxygen atoms in total. The number of nitrogens with zero attached hydrogens (tertiary/aromatic N) is 4. The van der Waals surface area contributed by atoms with E-state index in [4.69, 9.17) is 24.0 Å². The van der Waals surface area contributed by atoms with Crippen LogP contribution in [0.2, 0.25) is 0 Å². The van der Waals surface area contributed by atoms with Crippen molar-refractivity contribution in [2.75, 3.05) is 32.2 Å². The van der Waals surface area contributed by atoms with Gasteiger partial charge in [-0.3, -0.25) is 19.3 Å². The van der Waals surface area contributed by atoms with E-state index in [9.17, 15) is 9.59 Å². The number of hydrogen-bond acceptors (Lipinski definition) is 10. The Labute approximate surface area is 309 Å². The zero-order valence-electron chi connectivity index (χ0n) is 29.3. The molecule has 6 aromatic rings. The number of aryl methyl sites for hydroxylation is 2. The lowest BCUT2D eigenvalue weighted by Crippen LogP contribution is -2.22. The molecule has 2 saturated heterocycles. The van der Waals surface area contributed by atoms with Gasteiger partial charge in [0.25, 0.3) is 5.91 Å². The van der Waals surface area contributed by atoms with Gasteiger partial charge in [0.15, 0.2) is 5.82 Å². The average Bonchev–Trinajstić information content (AvgIpc) is 4.04. The van der Waals surface area contributed by atoms with Crippen LogP contribution in [-0.4, -0.2) is 57.8 Å². The third kappa shape index (κ3) is 5.45. The minimum absolute atomic E-state index is 0.0273. The number of aromatic nitrogens is 4. The monoisotopic (exact) mass is 726 g/mol. The van der Waals surface area contributed by atoms with Crippen molar-refractivity contribution in [3.63, 3.8) is 0 Å². The predicted octanol–water partition coefficient (Wildman–Crippen LogP) is 7.39. The number of H-pyrrole nitrogens is 1. The number of benzene rings is 2. The van der Waals surface area contributed by atoms with E-state index < -0.39 is 5.76 Å². The molecule has 1 aliphatic carbocycles. The van der Waals surface area contributed by atoms with Crippen molar-refractivity contribution in [3.05, 3.63) is 111 Å². The van der Waals surface area contributed by atoms with Gasteiger partial charge in [0.2, 0.25) is 0 Å². The van der Waals surface area contributed by atoms with Crippen molar-refractivity contribution in [2.24, 2.45) is 0 Å². The number of pyridine rings is 2. The Morgan fingerprint density at radius 2 is 1.96 bits per heavy atom. The summed E-state index contributed by atoms with van der Waals surface area (Å²) < 4.78 is 17.4. The number of anilines is 1. The molecule has 0 spiro atoms. The van der Waals surface area contributed by atoms with Crippen LogP contribution in [0, 0.1) is 0 Å². The summed E-state index contributed by atoms with van der Waals surface area (Å²) in [4.78, 5) is 42.6. The van der Waals surface area contributed by atoms with Crippen LogP contribution >= 0.6 is 11.3 Å². The summed E-state index contributed by atoms with van der Waals surface area (Å²) >= 11 is 1.59. The van der Waals surface area contributed by atoms with Gasteiger partial charge >= 0.3 is 5.76 Å². The van der Waals surface area contributed by atoms with Crippen molar-refractivity contribution in [3.8, 4) is 27.6 Å². The van der Waals surface area contributed by atoms with Crippen LogP contribution < -0.4 is 15.8 Å². The number of aromatic amines is 1. The molecule has 2 N–H and O–H groups in total. The van der Waals surface area contributed by atoms with Crippen molar-refractivity contribution in [1.82, 2.24) is 25.0 Å². The first-order valence-electron chi connectivity index (χ1n) is 18.5. The second kappa shape index (κ2) is 13.0. The Morgan fingerprint density at radius 1 is 1.04 bits per heavy atom. The van der Waals surface area contributed by atoms with Crippen molar-refractivity contribution in [2.45, 2.75) is 62.9 Å². The Kier molecular flexibility index (Phi) is 7.90. The fourth-order valence-corrected chi connectivity index (χ4v) is 10.1. The minimum Gasteiger partial charge on any atom is -0.496 e. The van der Waals surface area contributed by atoms with Crippen LogP contribution in [0.4, 0.5) is 5.82 Å². The van der Waals surface area contributed by atoms with Gasteiger partial charge in [-0.25, -0.2) is 9.78 Å². The quantitative estimate of drug-likeness (QED) is 0.156. The molecule has 0 bridgehead atoms. The number of rotatable bonds is 9. The summed E-state index contributed by atoms with van der Waals surface area (Å²) in [5, 5.41) is 8.96. The highest BCUT2D eigenvalue weighted by atomic mass is 32.1. The molecule has 0 radical (unpaired) electrons. The zero-order valence-corrected chi connectivity index (χ0v) is 30.1. The highest BCUT2D eigenvalue weighted by molar-refractivity contribution is 7.23. The van der Waals surface area contributed by atoms with Gasteiger partial charge < -0.3 is 19.7 Å². The largest absolute Gasteiger partial charge is 0.496 e. The molecule has 3 aliphatic heterocycles. The molecule has 12 heteroatoms. The molecule has 268 valence electrons. The summed E-state index contributed by atoms with van der Waals surface area (Å²) in [6.07, 6.45) is 7.83. The maximum atomic E-state index is 14.3. The van der Waals surface area contributed by atoms with Crippen molar-refractivity contribution >= 4 is 33.1 Å². The Balaban J connectivity index is 1.10. The van der Waals surface area contributed by atoms with E-state index in [-0.39, 0.29) is 23.8 Å². The summed E-state index contributed by atoms with van der Waals surface area (Å²) in [6, 6.07) is 19.1. The van der Waals surface area contributed by atoms with E-state index in [1.165, 1.54) is 22.3 Å². The summed E-state index contributed by atoms with van der Waals surface area (Å²) in [5.41, 5.74) is 8.51. The van der Waals surface area contributed by atoms with E-state index in [0.29, 0.717) is 30.0 Å². The first kappa shape index (κ1) is 32.3. The molecule has 1 unspecified atom stereocenters. The summed E-state index contributed by atoms with van der Waals surface area (Å²) in [7, 11) is 1.72. The Hall–Kier alpha value is -5.33. The molecule has 7 heterocycles. The van der Waals surface area contributed by atoms with Crippen LogP contribution in [0.15, 0.2) is 70.1 Å². The number of amides is 1. The zero-order chi connectivity index (χ0) is 35.6. The van der Waals surface area contributed by atoms with Gasteiger partial charge in [0, 0.05) is 35.7 Å². The highest BCUT2D eigenvalue weighted by Gasteiger charge is 2.44. The van der Waals surface area contributed by atoms with E-state index in [2.05, 4.69) is 51.9 Å². The van der Waals surface area contributed by atoms with E-state index in [1.807, 2.05) is 29.3 Å². The molecular formula is C41H38N6O5S. The number of thiophene rings is 1. The number of fused-ring (bicyclic) bond motifs is 5. The van der Waals surface area contributed by atoms with Gasteiger partial charge in [0.1, 0.15) is 11.6 Å². The Bertz CT molecular complexity index is 2460. The first-order valence-corrected chi connectivity index (χ1v) is 19.3. The third-order valence-electron chi connectivity index (χ3n) is 11.5. The van der Waals surface area contributed by atoms with Gasteiger partial charge in [-0.2, -0.15) is 0 Å². The number of nitrogens with one attached hydrogen (secondary N) is 2. The van der Waals surface area contributed by atoms with Gasteiger partial charge in [-0.05, 0) is 90.8 Å². The second-order valence-corrected chi connectivity index (χ2v) is 15.5. The molecule has 2 aromatic carbocycles. The van der Waals surface area contributed by atoms with Crippen LogP contribution in [0.1, 0.15) is 87.7 Å². The van der Waals surface area contributed by atoms with Crippen LogP contribution in [0.25, 0.3) is 31.9 Å². The summed E-state index contributed by atoms with van der Waals surface area (Å²) in [5.74, 6) is 1.71. The van der Waals surface area contributed by atoms with Gasteiger partial charge in [-0.15, -0.1) is 11.3 Å². The lowest BCUT2D eigenvalue weighted by molar-refractivity contribution is 0.0776. The van der Waals surface area contributed by atoms with Gasteiger partial charge in [-0.1, -0.05) is 41.6 Å². The van der Waals surface area contributed by atoms with Gasteiger partial charge in [0.05, 0.1) is 53.0 Å². The minimum atomic E-state index is -0.656. The van der Waals surface area contributed by atoms with Crippen molar-refractivity contribution < 1.29 is 18.8 Å². The van der Waals surface area contributed by atoms with E-state index in [1.54, 1.807) is 18.4 Å². The predicted molar refractivity (Wildman–Crippen MR) is 202 cm³/mol. The number of hydrogen-bond donors (Lipinski definition) is 2. The number of carbonyl (C=O) groups is 1. The smallest absolute Gasteiger partial charge is 0.439 e. The highest BCUT2D eigenvalue weighted by Crippen LogP contribution is 2.50. The average molecular weight is 727 g/mol. The lowest BCUT2D eigenvalue weighted by Gasteiger charge is -2.17. The maximum absolute atomic E-state index is 14.3. The van der Waals surface area contributed by atoms with Crippen LogP contribution in [-0.2, 0) is 24.0 Å². The topological polar surface area (TPSA) is 135 Å². The molecule has 4 aliphatic rings. The number of carbonyl (C=O) groups excluding carboxylic acids is 1. The molecule has 53 heavy (non-hydrogen) atoms. The van der Waals surface area contributed by atoms with Crippen molar-refractivity contribution in [1.29, 1.82) is 0 Å².